The molecule has 0 saturated heterocycles. The zero-order chi connectivity index (χ0) is 17.2. The van der Waals surface area contributed by atoms with Gasteiger partial charge in [0.2, 0.25) is 0 Å². The Morgan fingerprint density at radius 1 is 1.12 bits per heavy atom. The van der Waals surface area contributed by atoms with Crippen molar-refractivity contribution >= 4 is 33.3 Å². The van der Waals surface area contributed by atoms with E-state index in [2.05, 4.69) is 14.7 Å². The molecule has 0 unspecified atom stereocenters. The molecular formula is C19H14N4OS. The van der Waals surface area contributed by atoms with Crippen LogP contribution in [0.3, 0.4) is 0 Å². The Morgan fingerprint density at radius 3 is 2.80 bits per heavy atom. The molecular weight excluding hydrogens is 332 g/mol. The van der Waals surface area contributed by atoms with E-state index in [4.69, 9.17) is 4.98 Å². The zero-order valence-electron chi connectivity index (χ0n) is 13.4. The van der Waals surface area contributed by atoms with Gasteiger partial charge in [-0.25, -0.2) is 4.98 Å². The highest BCUT2D eigenvalue weighted by molar-refractivity contribution is 7.10. The molecule has 1 aromatic carbocycles. The van der Waals surface area contributed by atoms with Gasteiger partial charge < -0.3 is 5.32 Å². The third-order valence-corrected chi connectivity index (χ3v) is 4.58. The number of benzene rings is 1. The molecule has 0 spiro atoms. The van der Waals surface area contributed by atoms with E-state index in [9.17, 15) is 4.79 Å². The molecule has 0 fully saturated rings. The van der Waals surface area contributed by atoms with Gasteiger partial charge >= 0.3 is 0 Å². The van der Waals surface area contributed by atoms with Crippen molar-refractivity contribution in [3.05, 3.63) is 72.2 Å². The Kier molecular flexibility index (Phi) is 3.95. The molecule has 1 amide bonds. The lowest BCUT2D eigenvalue weighted by Crippen LogP contribution is -2.12. The summed E-state index contributed by atoms with van der Waals surface area (Å²) in [5.41, 5.74) is 3.79. The summed E-state index contributed by atoms with van der Waals surface area (Å²) in [6.45, 7) is 1.89. The van der Waals surface area contributed by atoms with Crippen molar-refractivity contribution in [2.45, 2.75) is 6.92 Å². The van der Waals surface area contributed by atoms with Gasteiger partial charge in [-0.1, -0.05) is 18.2 Å². The lowest BCUT2D eigenvalue weighted by atomic mass is 10.1. The normalized spacial score (nSPS) is 10.8. The average Bonchev–Trinajstić information content (AvgIpc) is 3.06. The van der Waals surface area contributed by atoms with Crippen molar-refractivity contribution in [3.63, 3.8) is 0 Å². The number of anilines is 1. The van der Waals surface area contributed by atoms with Crippen molar-refractivity contribution in [1.29, 1.82) is 0 Å². The van der Waals surface area contributed by atoms with Crippen LogP contribution in [0.2, 0.25) is 0 Å². The van der Waals surface area contributed by atoms with Crippen LogP contribution in [-0.4, -0.2) is 20.2 Å². The lowest BCUT2D eigenvalue weighted by Gasteiger charge is -2.08. The van der Waals surface area contributed by atoms with Crippen LogP contribution in [0.5, 0.6) is 0 Å². The first kappa shape index (κ1) is 15.4. The minimum atomic E-state index is -0.190. The second-order valence-corrected chi connectivity index (χ2v) is 6.41. The van der Waals surface area contributed by atoms with Gasteiger partial charge in [0.05, 0.1) is 22.5 Å². The van der Waals surface area contributed by atoms with Gasteiger partial charge in [0.1, 0.15) is 5.00 Å². The number of aromatic nitrogens is 3. The summed E-state index contributed by atoms with van der Waals surface area (Å²) in [6, 6.07) is 15.2. The molecule has 5 nitrogen and oxygen atoms in total. The van der Waals surface area contributed by atoms with Gasteiger partial charge in [-0.2, -0.15) is 4.37 Å². The fraction of sp³-hybridized carbons (Fsp3) is 0.0526. The first-order valence-electron chi connectivity index (χ1n) is 7.75. The van der Waals surface area contributed by atoms with Crippen molar-refractivity contribution in [3.8, 4) is 11.3 Å². The SMILES string of the molecule is Cc1cc(NC(=O)c2cccc3ccc(-c4cccnc4)nc23)sn1. The van der Waals surface area contributed by atoms with Crippen LogP contribution >= 0.6 is 11.5 Å². The summed E-state index contributed by atoms with van der Waals surface area (Å²) >= 11 is 1.27. The summed E-state index contributed by atoms with van der Waals surface area (Å²) in [5, 5.41) is 4.54. The number of nitrogens with zero attached hydrogens (tertiary/aromatic N) is 3. The van der Waals surface area contributed by atoms with E-state index in [0.29, 0.717) is 11.1 Å². The second kappa shape index (κ2) is 6.41. The van der Waals surface area contributed by atoms with Crippen LogP contribution in [-0.2, 0) is 0 Å². The fourth-order valence-electron chi connectivity index (χ4n) is 2.61. The van der Waals surface area contributed by atoms with E-state index in [1.165, 1.54) is 11.5 Å². The molecule has 0 radical (unpaired) electrons. The minimum Gasteiger partial charge on any atom is -0.312 e. The average molecular weight is 346 g/mol. The summed E-state index contributed by atoms with van der Waals surface area (Å²) in [5.74, 6) is -0.190. The number of nitrogens with one attached hydrogen (secondary N) is 1. The fourth-order valence-corrected chi connectivity index (χ4v) is 3.26. The van der Waals surface area contributed by atoms with E-state index < -0.39 is 0 Å². The summed E-state index contributed by atoms with van der Waals surface area (Å²) < 4.78 is 4.18. The van der Waals surface area contributed by atoms with E-state index in [0.717, 1.165) is 27.3 Å². The van der Waals surface area contributed by atoms with Gasteiger partial charge in [-0.3, -0.25) is 9.78 Å². The van der Waals surface area contributed by atoms with Crippen molar-refractivity contribution < 1.29 is 4.79 Å². The predicted molar refractivity (Wildman–Crippen MR) is 99.8 cm³/mol. The van der Waals surface area contributed by atoms with Crippen molar-refractivity contribution in [2.24, 2.45) is 0 Å². The van der Waals surface area contributed by atoms with E-state index in [-0.39, 0.29) is 5.91 Å². The molecule has 0 aliphatic carbocycles. The second-order valence-electron chi connectivity index (χ2n) is 5.60. The van der Waals surface area contributed by atoms with Gasteiger partial charge in [0, 0.05) is 23.3 Å². The number of para-hydroxylation sites is 1. The Hall–Kier alpha value is -3.12. The third kappa shape index (κ3) is 3.12. The topological polar surface area (TPSA) is 67.8 Å². The van der Waals surface area contributed by atoms with Gasteiger partial charge in [0.15, 0.2) is 0 Å². The van der Waals surface area contributed by atoms with Crippen molar-refractivity contribution in [1.82, 2.24) is 14.3 Å². The van der Waals surface area contributed by atoms with Gasteiger partial charge in [0.25, 0.3) is 5.91 Å². The molecule has 0 aliphatic heterocycles. The van der Waals surface area contributed by atoms with E-state index in [1.54, 1.807) is 18.5 Å². The minimum absolute atomic E-state index is 0.190. The molecule has 6 heteroatoms. The maximum Gasteiger partial charge on any atom is 0.258 e. The number of aryl methyl sites for hydroxylation is 1. The van der Waals surface area contributed by atoms with Crippen molar-refractivity contribution in [2.75, 3.05) is 5.32 Å². The highest BCUT2D eigenvalue weighted by Gasteiger charge is 2.13. The molecule has 122 valence electrons. The Bertz CT molecular complexity index is 1060. The number of amides is 1. The number of pyridine rings is 2. The molecule has 0 bridgehead atoms. The Balaban J connectivity index is 1.76. The Morgan fingerprint density at radius 2 is 2.04 bits per heavy atom. The van der Waals surface area contributed by atoms with Crippen LogP contribution in [0, 0.1) is 6.92 Å². The molecule has 4 rings (SSSR count). The van der Waals surface area contributed by atoms with Crippen LogP contribution in [0.15, 0.2) is 60.9 Å². The highest BCUT2D eigenvalue weighted by atomic mass is 32.1. The van der Waals surface area contributed by atoms with Crippen LogP contribution in [0.25, 0.3) is 22.2 Å². The number of carbonyl (C=O) groups excluding carboxylic acids is 1. The summed E-state index contributed by atoms with van der Waals surface area (Å²) in [7, 11) is 0. The number of hydrogen-bond acceptors (Lipinski definition) is 5. The molecule has 25 heavy (non-hydrogen) atoms. The molecule has 4 aromatic rings. The highest BCUT2D eigenvalue weighted by Crippen LogP contribution is 2.24. The zero-order valence-corrected chi connectivity index (χ0v) is 14.2. The molecule has 1 N–H and O–H groups in total. The van der Waals surface area contributed by atoms with Gasteiger partial charge in [-0.15, -0.1) is 0 Å². The smallest absolute Gasteiger partial charge is 0.258 e. The molecule has 0 atom stereocenters. The van der Waals surface area contributed by atoms with Crippen LogP contribution < -0.4 is 5.32 Å². The first-order valence-corrected chi connectivity index (χ1v) is 8.53. The summed E-state index contributed by atoms with van der Waals surface area (Å²) in [4.78, 5) is 21.5. The monoisotopic (exact) mass is 346 g/mol. The number of carbonyl (C=O) groups is 1. The first-order chi connectivity index (χ1) is 12.2. The molecule has 0 saturated carbocycles. The predicted octanol–water partition coefficient (Wildman–Crippen LogP) is 4.31. The van der Waals surface area contributed by atoms with Crippen LogP contribution in [0.1, 0.15) is 16.1 Å². The number of hydrogen-bond donors (Lipinski definition) is 1. The number of rotatable bonds is 3. The molecule has 3 heterocycles. The third-order valence-electron chi connectivity index (χ3n) is 3.79. The standard InChI is InChI=1S/C19H14N4OS/c1-12-10-17(25-23-12)22-19(24)15-6-2-4-13-7-8-16(21-18(13)15)14-5-3-9-20-11-14/h2-11H,1H3,(H,22,24). The van der Waals surface area contributed by atoms with E-state index in [1.807, 2.05) is 49.4 Å². The number of fused-ring (bicyclic) bond motifs is 1. The molecule has 3 aromatic heterocycles. The molecule has 0 aliphatic rings. The Labute approximate surface area is 148 Å². The quantitative estimate of drug-likeness (QED) is 0.600. The maximum atomic E-state index is 12.7. The van der Waals surface area contributed by atoms with Crippen LogP contribution in [0.4, 0.5) is 5.00 Å². The maximum absolute atomic E-state index is 12.7. The van der Waals surface area contributed by atoms with Gasteiger partial charge in [-0.05, 0) is 48.8 Å². The lowest BCUT2D eigenvalue weighted by molar-refractivity contribution is 0.102. The van der Waals surface area contributed by atoms with E-state index >= 15 is 0 Å². The summed E-state index contributed by atoms with van der Waals surface area (Å²) in [6.07, 6.45) is 3.48. The largest absolute Gasteiger partial charge is 0.312 e.